The van der Waals surface area contributed by atoms with Crippen LogP contribution >= 0.6 is 11.3 Å². The molecule has 1 fully saturated rings. The molecule has 2 nitrogen and oxygen atoms in total. The van der Waals surface area contributed by atoms with E-state index in [-0.39, 0.29) is 0 Å². The van der Waals surface area contributed by atoms with Gasteiger partial charge >= 0.3 is 0 Å². The van der Waals surface area contributed by atoms with Gasteiger partial charge in [0, 0.05) is 11.4 Å². The lowest BCUT2D eigenvalue weighted by Crippen LogP contribution is -2.27. The van der Waals surface area contributed by atoms with Gasteiger partial charge < -0.3 is 0 Å². The molecule has 1 aromatic heterocycles. The Hall–Kier alpha value is -0.670. The molecule has 1 aliphatic heterocycles. The number of nitrogens with zero attached hydrogens (tertiary/aromatic N) is 1. The Morgan fingerprint density at radius 2 is 2.35 bits per heavy atom. The zero-order chi connectivity index (χ0) is 12.3. The fraction of sp³-hybridized carbons (Fsp3) is 0.643. The van der Waals surface area contributed by atoms with Gasteiger partial charge in [-0.2, -0.15) is 0 Å². The van der Waals surface area contributed by atoms with Crippen LogP contribution in [0.2, 0.25) is 0 Å². The summed E-state index contributed by atoms with van der Waals surface area (Å²) >= 11 is 1.61. The van der Waals surface area contributed by atoms with Crippen molar-refractivity contribution in [2.24, 2.45) is 5.92 Å². The molecule has 0 saturated carbocycles. The van der Waals surface area contributed by atoms with Crippen molar-refractivity contribution in [3.63, 3.8) is 0 Å². The maximum absolute atomic E-state index is 12.0. The van der Waals surface area contributed by atoms with Crippen LogP contribution in [0.1, 0.15) is 40.7 Å². The SMILES string of the molecule is CCCC1CCN(CC(=O)c2ccc(C)s2)C1. The van der Waals surface area contributed by atoms with Gasteiger partial charge in [-0.05, 0) is 44.4 Å². The molecule has 0 aliphatic carbocycles. The van der Waals surface area contributed by atoms with Crippen LogP contribution in [0.3, 0.4) is 0 Å². The van der Waals surface area contributed by atoms with Gasteiger partial charge in [-0.25, -0.2) is 0 Å². The van der Waals surface area contributed by atoms with E-state index < -0.39 is 0 Å². The van der Waals surface area contributed by atoms with Crippen molar-refractivity contribution in [2.45, 2.75) is 33.1 Å². The molecule has 94 valence electrons. The van der Waals surface area contributed by atoms with E-state index in [4.69, 9.17) is 0 Å². The van der Waals surface area contributed by atoms with Crippen LogP contribution in [0, 0.1) is 12.8 Å². The lowest BCUT2D eigenvalue weighted by molar-refractivity contribution is 0.0947. The molecule has 3 heteroatoms. The van der Waals surface area contributed by atoms with E-state index in [1.54, 1.807) is 11.3 Å². The summed E-state index contributed by atoms with van der Waals surface area (Å²) in [7, 11) is 0. The Balaban J connectivity index is 1.84. The van der Waals surface area contributed by atoms with Crippen LogP contribution in [-0.4, -0.2) is 30.3 Å². The van der Waals surface area contributed by atoms with Gasteiger partial charge in [0.2, 0.25) is 0 Å². The number of rotatable bonds is 5. The Morgan fingerprint density at radius 3 is 3.00 bits per heavy atom. The predicted molar refractivity (Wildman–Crippen MR) is 72.8 cm³/mol. The molecule has 2 rings (SSSR count). The van der Waals surface area contributed by atoms with E-state index in [1.807, 2.05) is 12.1 Å². The van der Waals surface area contributed by atoms with E-state index in [0.29, 0.717) is 12.3 Å². The highest BCUT2D eigenvalue weighted by atomic mass is 32.1. The van der Waals surface area contributed by atoms with Crippen molar-refractivity contribution in [1.82, 2.24) is 4.90 Å². The second kappa shape index (κ2) is 5.78. The molecule has 2 heterocycles. The van der Waals surface area contributed by atoms with E-state index in [2.05, 4.69) is 18.7 Å². The second-order valence-electron chi connectivity index (χ2n) is 5.01. The lowest BCUT2D eigenvalue weighted by Gasteiger charge is -2.14. The van der Waals surface area contributed by atoms with Gasteiger partial charge in [0.15, 0.2) is 5.78 Å². The van der Waals surface area contributed by atoms with Crippen molar-refractivity contribution < 1.29 is 4.79 Å². The number of carbonyl (C=O) groups excluding carboxylic acids is 1. The summed E-state index contributed by atoms with van der Waals surface area (Å²) in [5.74, 6) is 1.11. The largest absolute Gasteiger partial charge is 0.295 e. The summed E-state index contributed by atoms with van der Waals surface area (Å²) in [5, 5.41) is 0. The topological polar surface area (TPSA) is 20.3 Å². The summed E-state index contributed by atoms with van der Waals surface area (Å²) in [4.78, 5) is 16.5. The third-order valence-corrected chi connectivity index (χ3v) is 4.49. The van der Waals surface area contributed by atoms with E-state index in [1.165, 1.54) is 24.1 Å². The van der Waals surface area contributed by atoms with Gasteiger partial charge in [-0.15, -0.1) is 11.3 Å². The minimum absolute atomic E-state index is 0.292. The summed E-state index contributed by atoms with van der Waals surface area (Å²) in [6, 6.07) is 3.99. The molecule has 0 N–H and O–H groups in total. The highest BCUT2D eigenvalue weighted by molar-refractivity contribution is 7.14. The number of likely N-dealkylation sites (tertiary alicyclic amines) is 1. The van der Waals surface area contributed by atoms with Crippen molar-refractivity contribution in [1.29, 1.82) is 0 Å². The monoisotopic (exact) mass is 251 g/mol. The normalized spacial score (nSPS) is 20.9. The zero-order valence-corrected chi connectivity index (χ0v) is 11.6. The molecule has 0 radical (unpaired) electrons. The minimum Gasteiger partial charge on any atom is -0.295 e. The Labute approximate surface area is 108 Å². The third kappa shape index (κ3) is 3.39. The van der Waals surface area contributed by atoms with Gasteiger partial charge in [0.05, 0.1) is 11.4 Å². The Bertz CT molecular complexity index is 385. The standard InChI is InChI=1S/C14H21NOS/c1-3-4-12-7-8-15(9-12)10-13(16)14-6-5-11(2)17-14/h5-6,12H,3-4,7-10H2,1-2H3. The molecule has 1 atom stereocenters. The minimum atomic E-state index is 0.292. The van der Waals surface area contributed by atoms with Crippen molar-refractivity contribution in [2.75, 3.05) is 19.6 Å². The molecule has 0 aromatic carbocycles. The molecule has 1 saturated heterocycles. The van der Waals surface area contributed by atoms with Gasteiger partial charge in [-0.1, -0.05) is 13.3 Å². The maximum Gasteiger partial charge on any atom is 0.186 e. The smallest absolute Gasteiger partial charge is 0.186 e. The number of hydrogen-bond acceptors (Lipinski definition) is 3. The van der Waals surface area contributed by atoms with Crippen LogP contribution in [0.15, 0.2) is 12.1 Å². The first-order chi connectivity index (χ1) is 8.19. The molecule has 1 aromatic rings. The summed E-state index contributed by atoms with van der Waals surface area (Å²) in [6.07, 6.45) is 3.84. The second-order valence-corrected chi connectivity index (χ2v) is 6.30. The summed E-state index contributed by atoms with van der Waals surface area (Å²) in [5.41, 5.74) is 0. The van der Waals surface area contributed by atoms with Gasteiger partial charge in [0.25, 0.3) is 0 Å². The van der Waals surface area contributed by atoms with E-state index in [0.717, 1.165) is 23.9 Å². The Kier molecular flexibility index (Phi) is 4.35. The average Bonchev–Trinajstić information content (AvgIpc) is 2.88. The Morgan fingerprint density at radius 1 is 1.53 bits per heavy atom. The van der Waals surface area contributed by atoms with Crippen LogP contribution < -0.4 is 0 Å². The molecule has 0 spiro atoms. The van der Waals surface area contributed by atoms with Crippen molar-refractivity contribution >= 4 is 17.1 Å². The van der Waals surface area contributed by atoms with E-state index in [9.17, 15) is 4.79 Å². The molecule has 1 unspecified atom stereocenters. The lowest BCUT2D eigenvalue weighted by atomic mass is 10.0. The zero-order valence-electron chi connectivity index (χ0n) is 10.7. The molecule has 0 amide bonds. The van der Waals surface area contributed by atoms with Crippen LogP contribution in [0.25, 0.3) is 0 Å². The quantitative estimate of drug-likeness (QED) is 0.748. The highest BCUT2D eigenvalue weighted by Crippen LogP contribution is 2.22. The number of thiophene rings is 1. The molecule has 17 heavy (non-hydrogen) atoms. The molecule has 1 aliphatic rings. The molecule has 0 bridgehead atoms. The average molecular weight is 251 g/mol. The summed E-state index contributed by atoms with van der Waals surface area (Å²) < 4.78 is 0. The summed E-state index contributed by atoms with van der Waals surface area (Å²) in [6.45, 7) is 7.11. The van der Waals surface area contributed by atoms with Gasteiger partial charge in [-0.3, -0.25) is 9.69 Å². The number of ketones is 1. The third-order valence-electron chi connectivity index (χ3n) is 3.45. The maximum atomic E-state index is 12.0. The first-order valence-electron chi connectivity index (χ1n) is 6.51. The van der Waals surface area contributed by atoms with Crippen LogP contribution in [-0.2, 0) is 0 Å². The van der Waals surface area contributed by atoms with Gasteiger partial charge in [0.1, 0.15) is 0 Å². The fourth-order valence-electron chi connectivity index (χ4n) is 2.57. The molecular formula is C14H21NOS. The number of aryl methyl sites for hydroxylation is 1. The predicted octanol–water partition coefficient (Wildman–Crippen LogP) is 3.36. The van der Waals surface area contributed by atoms with Crippen molar-refractivity contribution in [3.8, 4) is 0 Å². The van der Waals surface area contributed by atoms with Crippen LogP contribution in [0.4, 0.5) is 0 Å². The van der Waals surface area contributed by atoms with E-state index >= 15 is 0 Å². The van der Waals surface area contributed by atoms with Crippen LogP contribution in [0.5, 0.6) is 0 Å². The fourth-order valence-corrected chi connectivity index (χ4v) is 3.36. The first kappa shape index (κ1) is 12.8. The number of carbonyl (C=O) groups is 1. The highest BCUT2D eigenvalue weighted by Gasteiger charge is 2.23. The van der Waals surface area contributed by atoms with Crippen molar-refractivity contribution in [3.05, 3.63) is 21.9 Å². The number of Topliss-reactive ketones (excluding diaryl/α,β-unsaturated/α-hetero) is 1. The first-order valence-corrected chi connectivity index (χ1v) is 7.32. The molecular weight excluding hydrogens is 230 g/mol. The number of hydrogen-bond donors (Lipinski definition) is 0.